The number of amides is 3. The molecule has 4 heterocycles. The topological polar surface area (TPSA) is 110 Å². The number of benzene rings is 4. The largest absolute Gasteiger partial charge is 0.497 e. The first-order valence-electron chi connectivity index (χ1n) is 21.2. The van der Waals surface area contributed by atoms with Crippen molar-refractivity contribution < 1.29 is 68.8 Å². The van der Waals surface area contributed by atoms with Crippen molar-refractivity contribution >= 4 is 23.4 Å². The molecule has 362 valence electrons. The van der Waals surface area contributed by atoms with Gasteiger partial charge in [-0.25, -0.2) is 4.39 Å². The molecule has 67 heavy (non-hydrogen) atoms. The van der Waals surface area contributed by atoms with Crippen LogP contribution in [0, 0.1) is 11.8 Å². The highest BCUT2D eigenvalue weighted by Crippen LogP contribution is 2.28. The Morgan fingerprint density at radius 3 is 1.33 bits per heavy atom. The summed E-state index contributed by atoms with van der Waals surface area (Å²) in [5.41, 5.74) is 2.31. The first-order valence-corrected chi connectivity index (χ1v) is 21.2. The highest BCUT2D eigenvalue weighted by atomic mass is 19.4. The van der Waals surface area contributed by atoms with E-state index in [0.717, 1.165) is 18.0 Å². The summed E-state index contributed by atoms with van der Waals surface area (Å²) in [6.45, 7) is 9.90. The summed E-state index contributed by atoms with van der Waals surface area (Å²) in [5, 5.41) is 0. The van der Waals surface area contributed by atoms with E-state index in [1.807, 2.05) is 43.0 Å². The summed E-state index contributed by atoms with van der Waals surface area (Å²) in [6, 6.07) is 26.4. The zero-order valence-corrected chi connectivity index (χ0v) is 37.4. The van der Waals surface area contributed by atoms with Gasteiger partial charge in [-0.15, -0.1) is 0 Å². The summed E-state index contributed by atoms with van der Waals surface area (Å²) in [7, 11) is 3.21. The van der Waals surface area contributed by atoms with Gasteiger partial charge in [0.05, 0.1) is 33.9 Å². The van der Waals surface area contributed by atoms with Crippen molar-refractivity contribution in [2.75, 3.05) is 84.8 Å². The van der Waals surface area contributed by atoms with E-state index < -0.39 is 31.7 Å². The number of methoxy groups -OCH3 is 2. The monoisotopic (exact) mass is 946 g/mol. The zero-order valence-electron chi connectivity index (χ0n) is 37.4. The Labute approximate surface area is 384 Å². The molecule has 0 bridgehead atoms. The molecule has 4 saturated heterocycles. The predicted molar refractivity (Wildman–Crippen MR) is 235 cm³/mol. The Morgan fingerprint density at radius 1 is 0.597 bits per heavy atom. The lowest BCUT2D eigenvalue weighted by Crippen LogP contribution is -2.51. The van der Waals surface area contributed by atoms with E-state index in [1.165, 1.54) is 41.3 Å². The van der Waals surface area contributed by atoms with Crippen molar-refractivity contribution in [3.05, 3.63) is 126 Å². The van der Waals surface area contributed by atoms with Gasteiger partial charge in [-0.2, -0.15) is 26.3 Å². The lowest BCUT2D eigenvalue weighted by atomic mass is 10.0. The second-order valence-corrected chi connectivity index (χ2v) is 16.1. The van der Waals surface area contributed by atoms with Gasteiger partial charge in [-0.1, -0.05) is 38.1 Å². The quantitative estimate of drug-likeness (QED) is 0.144. The number of carbonyl (C=O) groups excluding carboxylic acids is 3. The van der Waals surface area contributed by atoms with Crippen molar-refractivity contribution in [3.63, 3.8) is 0 Å². The van der Waals surface area contributed by atoms with Gasteiger partial charge >= 0.3 is 12.4 Å². The summed E-state index contributed by atoms with van der Waals surface area (Å²) in [4.78, 5) is 42.5. The van der Waals surface area contributed by atoms with Crippen LogP contribution in [0.3, 0.4) is 0 Å². The Hall–Kier alpha value is -6.66. The van der Waals surface area contributed by atoms with Crippen molar-refractivity contribution in [1.29, 1.82) is 0 Å². The highest BCUT2D eigenvalue weighted by Gasteiger charge is 2.33. The molecule has 0 saturated carbocycles. The van der Waals surface area contributed by atoms with Gasteiger partial charge in [0, 0.05) is 54.6 Å². The zero-order chi connectivity index (χ0) is 48.9. The fourth-order valence-corrected chi connectivity index (χ4v) is 6.90. The normalized spacial score (nSPS) is 16.0. The van der Waals surface area contributed by atoms with Crippen LogP contribution >= 0.6 is 0 Å². The molecule has 0 spiro atoms. The third-order valence-corrected chi connectivity index (χ3v) is 10.4. The van der Waals surface area contributed by atoms with Crippen LogP contribution in [0.25, 0.3) is 0 Å². The third-order valence-electron chi connectivity index (χ3n) is 10.4. The van der Waals surface area contributed by atoms with Crippen molar-refractivity contribution in [2.24, 2.45) is 11.8 Å². The van der Waals surface area contributed by atoms with Crippen molar-refractivity contribution in [1.82, 2.24) is 14.7 Å². The van der Waals surface area contributed by atoms with Crippen LogP contribution in [0.2, 0.25) is 0 Å². The van der Waals surface area contributed by atoms with Crippen molar-refractivity contribution in [2.45, 2.75) is 32.4 Å². The molecule has 0 aromatic heterocycles. The van der Waals surface area contributed by atoms with E-state index in [2.05, 4.69) is 16.1 Å². The Bertz CT molecular complexity index is 2210. The molecule has 0 radical (unpaired) electrons. The number of alkyl halides is 7. The minimum Gasteiger partial charge on any atom is -0.497 e. The van der Waals surface area contributed by atoms with Crippen LogP contribution in [-0.2, 0) is 4.74 Å². The molecule has 0 aliphatic carbocycles. The van der Waals surface area contributed by atoms with Gasteiger partial charge in [0.25, 0.3) is 17.7 Å². The Kier molecular flexibility index (Phi) is 17.8. The highest BCUT2D eigenvalue weighted by molar-refractivity contribution is 5.96. The van der Waals surface area contributed by atoms with E-state index in [9.17, 15) is 45.1 Å². The minimum atomic E-state index is -4.38. The van der Waals surface area contributed by atoms with E-state index in [1.54, 1.807) is 60.4 Å². The molecule has 4 aliphatic heterocycles. The molecule has 4 aromatic carbocycles. The van der Waals surface area contributed by atoms with Gasteiger partial charge in [-0.05, 0) is 85.1 Å². The maximum Gasteiger partial charge on any atom is 0.422 e. The van der Waals surface area contributed by atoms with Gasteiger partial charge < -0.3 is 43.3 Å². The van der Waals surface area contributed by atoms with E-state index in [-0.39, 0.29) is 42.3 Å². The van der Waals surface area contributed by atoms with Crippen LogP contribution in [0.5, 0.6) is 23.0 Å². The van der Waals surface area contributed by atoms with E-state index in [4.69, 9.17) is 14.2 Å². The standard InChI is InChI=1S/2C13H14F3NO2.C11H12FNO2.C11H13NO2/c2*1-9-6-17(7-9)12(18)10-3-2-4-11(5-10)19-8-13(14,15)16;1-15-10-4-2-3-8(5-10)11(14)13-6-9(12)7-13;1-9-12(6-7-14-9)10-4-3-5-11(8-10)13-2/h2*2-5,9H,6-8H2,1H3;2-5,9H,6-7H2,1H3;3-5,8H,1,6-7H2,2H3. The summed E-state index contributed by atoms with van der Waals surface area (Å²) in [6.07, 6.45) is -9.63. The molecule has 4 aliphatic rings. The number of carbonyl (C=O) groups is 3. The summed E-state index contributed by atoms with van der Waals surface area (Å²) in [5.74, 6) is 2.78. The SMILES string of the molecule is C=C1OCCN1c1cccc(OC)c1.CC1CN(C(=O)c2cccc(OCC(F)(F)F)c2)C1.CC1CN(C(=O)c2cccc(OCC(F)(F)F)c2)C1.COc1cccc(C(=O)N2CC(F)C2)c1. The van der Waals surface area contributed by atoms with E-state index >= 15 is 0 Å². The maximum absolute atomic E-state index is 12.6. The molecule has 3 amide bonds. The predicted octanol–water partition coefficient (Wildman–Crippen LogP) is 8.93. The minimum absolute atomic E-state index is 0.0525. The third kappa shape index (κ3) is 15.7. The number of halogens is 7. The molecular formula is C48H53F7N4O8. The van der Waals surface area contributed by atoms with Crippen LogP contribution in [0.4, 0.5) is 36.4 Å². The van der Waals surface area contributed by atoms with Gasteiger partial charge in [-0.3, -0.25) is 14.4 Å². The first-order chi connectivity index (χ1) is 31.7. The summed E-state index contributed by atoms with van der Waals surface area (Å²) < 4.78 is 109. The molecule has 19 heteroatoms. The second kappa shape index (κ2) is 23.2. The smallest absolute Gasteiger partial charge is 0.422 e. The fraction of sp³-hybridized carbons (Fsp3) is 0.396. The summed E-state index contributed by atoms with van der Waals surface area (Å²) >= 11 is 0. The molecule has 4 aromatic rings. The fourth-order valence-electron chi connectivity index (χ4n) is 6.90. The number of hydrogen-bond donors (Lipinski definition) is 0. The molecule has 0 atom stereocenters. The molecule has 0 N–H and O–H groups in total. The Balaban J connectivity index is 0.000000169. The lowest BCUT2D eigenvalue weighted by Gasteiger charge is -2.37. The second-order valence-electron chi connectivity index (χ2n) is 16.1. The van der Waals surface area contributed by atoms with Crippen LogP contribution in [0.15, 0.2) is 110 Å². The molecule has 8 rings (SSSR count). The van der Waals surface area contributed by atoms with E-state index in [0.29, 0.717) is 72.9 Å². The number of anilines is 1. The van der Waals surface area contributed by atoms with Crippen LogP contribution in [-0.4, -0.2) is 131 Å². The average molecular weight is 947 g/mol. The molecule has 4 fully saturated rings. The molecule has 0 unspecified atom stereocenters. The Morgan fingerprint density at radius 2 is 0.970 bits per heavy atom. The number of ether oxygens (including phenoxy) is 5. The van der Waals surface area contributed by atoms with Gasteiger partial charge in [0.15, 0.2) is 19.1 Å². The molecular weight excluding hydrogens is 894 g/mol. The van der Waals surface area contributed by atoms with Gasteiger partial charge in [0.2, 0.25) is 0 Å². The number of hydrogen-bond acceptors (Lipinski definition) is 9. The lowest BCUT2D eigenvalue weighted by molar-refractivity contribution is -0.154. The van der Waals surface area contributed by atoms with Crippen LogP contribution < -0.4 is 23.8 Å². The first kappa shape index (κ1) is 51.3. The average Bonchev–Trinajstić information content (AvgIpc) is 3.72. The number of likely N-dealkylation sites (tertiary alicyclic amines) is 3. The van der Waals surface area contributed by atoms with Gasteiger partial charge in [0.1, 0.15) is 35.8 Å². The number of nitrogens with zero attached hydrogens (tertiary/aromatic N) is 4. The molecule has 12 nitrogen and oxygen atoms in total. The number of rotatable bonds is 10. The van der Waals surface area contributed by atoms with Crippen molar-refractivity contribution in [3.8, 4) is 23.0 Å². The van der Waals surface area contributed by atoms with Crippen LogP contribution in [0.1, 0.15) is 44.9 Å². The maximum atomic E-state index is 12.6.